The molecule has 0 atom stereocenters. The number of amides is 1. The number of fused-ring (bicyclic) bond motifs is 2. The van der Waals surface area contributed by atoms with E-state index in [1.54, 1.807) is 0 Å². The summed E-state index contributed by atoms with van der Waals surface area (Å²) in [5.41, 5.74) is 7.75. The number of nitrogens with one attached hydrogen (secondary N) is 1. The minimum Gasteiger partial charge on any atom is -0.493 e. The van der Waals surface area contributed by atoms with E-state index in [1.165, 1.54) is 0 Å². The first-order chi connectivity index (χ1) is 17.1. The number of aromatic nitrogens is 2. The number of imidazole rings is 1. The Labute approximate surface area is 206 Å². The average molecular weight is 466 g/mol. The molecular weight excluding hydrogens is 434 g/mol. The molecule has 35 heavy (non-hydrogen) atoms. The third-order valence-electron chi connectivity index (χ3n) is 6.61. The van der Waals surface area contributed by atoms with Crippen LogP contribution in [-0.2, 0) is 17.8 Å². The maximum Gasteiger partial charge on any atom is 0.226 e. The number of hydrogen-bond acceptors (Lipinski definition) is 3. The lowest BCUT2D eigenvalue weighted by atomic mass is 9.97. The van der Waals surface area contributed by atoms with Crippen LogP contribution in [0.4, 0.5) is 0 Å². The molecule has 4 aromatic rings. The van der Waals surface area contributed by atoms with Gasteiger partial charge in [-0.05, 0) is 66.8 Å². The van der Waals surface area contributed by atoms with Gasteiger partial charge in [0, 0.05) is 25.9 Å². The van der Waals surface area contributed by atoms with Crippen molar-refractivity contribution in [3.8, 4) is 16.9 Å². The summed E-state index contributed by atoms with van der Waals surface area (Å²) in [7, 11) is 0. The summed E-state index contributed by atoms with van der Waals surface area (Å²) in [5, 5.41) is 0. The summed E-state index contributed by atoms with van der Waals surface area (Å²) in [6.45, 7) is 5.93. The van der Waals surface area contributed by atoms with Gasteiger partial charge < -0.3 is 14.6 Å². The Morgan fingerprint density at radius 2 is 1.86 bits per heavy atom. The highest BCUT2D eigenvalue weighted by Crippen LogP contribution is 2.31. The largest absolute Gasteiger partial charge is 0.493 e. The van der Waals surface area contributed by atoms with Gasteiger partial charge in [0.1, 0.15) is 11.6 Å². The number of carbonyl (C=O) groups excluding carboxylic acids is 1. The number of nitrogens with zero attached hydrogens (tertiary/aromatic N) is 2. The average Bonchev–Trinajstić information content (AvgIpc) is 3.24. The number of H-pyrrole nitrogens is 1. The van der Waals surface area contributed by atoms with Crippen molar-refractivity contribution in [1.29, 1.82) is 0 Å². The smallest absolute Gasteiger partial charge is 0.226 e. The molecule has 1 aromatic heterocycles. The van der Waals surface area contributed by atoms with Crippen molar-refractivity contribution < 1.29 is 9.53 Å². The quantitative estimate of drug-likeness (QED) is 0.344. The fourth-order valence-electron chi connectivity index (χ4n) is 4.67. The highest BCUT2D eigenvalue weighted by Gasteiger charge is 2.17. The van der Waals surface area contributed by atoms with Crippen molar-refractivity contribution in [2.45, 2.75) is 39.7 Å². The standard InChI is InChI=1S/C30H31N3O2/c1-3-33(20-23-7-5-4-6-8-23)30(34)17-22-9-10-26-18-24(12-14-29(26)35-16-15-22)25-11-13-27-28(19-25)32-21(2)31-27/h4-9,11-14,18-19H,3,10,15-17,20H2,1-2H3,(H,31,32)/b22-9+. The van der Waals surface area contributed by atoms with E-state index in [1.807, 2.05) is 36.9 Å². The summed E-state index contributed by atoms with van der Waals surface area (Å²) in [6.07, 6.45) is 4.18. The van der Waals surface area contributed by atoms with Crippen LogP contribution in [-0.4, -0.2) is 33.9 Å². The van der Waals surface area contributed by atoms with Crippen molar-refractivity contribution in [2.24, 2.45) is 0 Å². The van der Waals surface area contributed by atoms with Gasteiger partial charge in [0.15, 0.2) is 0 Å². The Kier molecular flexibility index (Phi) is 6.66. The van der Waals surface area contributed by atoms with E-state index in [0.717, 1.165) is 63.3 Å². The predicted molar refractivity (Wildman–Crippen MR) is 140 cm³/mol. The van der Waals surface area contributed by atoms with E-state index in [4.69, 9.17) is 4.74 Å². The Balaban J connectivity index is 1.32. The number of allylic oxidation sites excluding steroid dienone is 1. The predicted octanol–water partition coefficient (Wildman–Crippen LogP) is 6.23. The van der Waals surface area contributed by atoms with Crippen LogP contribution in [0.5, 0.6) is 5.75 Å². The first-order valence-corrected chi connectivity index (χ1v) is 12.3. The lowest BCUT2D eigenvalue weighted by Crippen LogP contribution is -2.30. The Morgan fingerprint density at radius 3 is 2.69 bits per heavy atom. The van der Waals surface area contributed by atoms with Crippen molar-refractivity contribution in [1.82, 2.24) is 14.9 Å². The lowest BCUT2D eigenvalue weighted by molar-refractivity contribution is -0.130. The molecule has 0 spiro atoms. The highest BCUT2D eigenvalue weighted by molar-refractivity contribution is 5.82. The van der Waals surface area contributed by atoms with Gasteiger partial charge >= 0.3 is 0 Å². The van der Waals surface area contributed by atoms with Gasteiger partial charge in [-0.1, -0.05) is 54.1 Å². The number of ether oxygens (including phenoxy) is 1. The third kappa shape index (κ3) is 5.29. The first-order valence-electron chi connectivity index (χ1n) is 12.3. The van der Waals surface area contributed by atoms with E-state index in [9.17, 15) is 4.79 Å². The zero-order valence-corrected chi connectivity index (χ0v) is 20.4. The number of rotatable bonds is 6. The summed E-state index contributed by atoms with van der Waals surface area (Å²) < 4.78 is 6.11. The molecule has 2 heterocycles. The van der Waals surface area contributed by atoms with Gasteiger partial charge in [0.25, 0.3) is 0 Å². The summed E-state index contributed by atoms with van der Waals surface area (Å²) >= 11 is 0. The van der Waals surface area contributed by atoms with Crippen LogP contribution in [0.2, 0.25) is 0 Å². The van der Waals surface area contributed by atoms with E-state index < -0.39 is 0 Å². The second-order valence-electron chi connectivity index (χ2n) is 9.11. The first kappa shape index (κ1) is 22.9. The molecule has 1 aliphatic heterocycles. The molecule has 0 fully saturated rings. The molecule has 0 bridgehead atoms. The van der Waals surface area contributed by atoms with Crippen molar-refractivity contribution >= 4 is 16.9 Å². The maximum absolute atomic E-state index is 13.1. The molecule has 5 rings (SSSR count). The van der Waals surface area contributed by atoms with Crippen molar-refractivity contribution in [2.75, 3.05) is 13.2 Å². The second-order valence-corrected chi connectivity index (χ2v) is 9.11. The molecule has 0 aliphatic carbocycles. The monoisotopic (exact) mass is 465 g/mol. The topological polar surface area (TPSA) is 58.2 Å². The zero-order valence-electron chi connectivity index (χ0n) is 20.4. The van der Waals surface area contributed by atoms with Crippen LogP contribution < -0.4 is 4.74 Å². The van der Waals surface area contributed by atoms with Crippen LogP contribution in [0.1, 0.15) is 36.7 Å². The van der Waals surface area contributed by atoms with Gasteiger partial charge in [-0.2, -0.15) is 0 Å². The van der Waals surface area contributed by atoms with E-state index in [-0.39, 0.29) is 5.91 Å². The third-order valence-corrected chi connectivity index (χ3v) is 6.61. The van der Waals surface area contributed by atoms with Gasteiger partial charge in [0.2, 0.25) is 5.91 Å². The van der Waals surface area contributed by atoms with Gasteiger partial charge in [0.05, 0.1) is 17.6 Å². The normalized spacial score (nSPS) is 14.9. The molecule has 0 saturated heterocycles. The molecule has 178 valence electrons. The molecule has 5 heteroatoms. The van der Waals surface area contributed by atoms with Crippen molar-refractivity contribution in [3.63, 3.8) is 0 Å². The molecular formula is C30H31N3O2. The fraction of sp³-hybridized carbons (Fsp3) is 0.267. The number of carbonyl (C=O) groups is 1. The molecule has 5 nitrogen and oxygen atoms in total. The molecule has 0 radical (unpaired) electrons. The molecule has 1 amide bonds. The van der Waals surface area contributed by atoms with E-state index >= 15 is 0 Å². The SMILES string of the molecule is CCN(Cc1ccccc1)C(=O)C/C1=C/Cc2cc(-c3ccc4nc(C)[nH]c4c3)ccc2OCC1. The minimum absolute atomic E-state index is 0.167. The number of benzene rings is 3. The van der Waals surface area contributed by atoms with Crippen LogP contribution >= 0.6 is 0 Å². The molecule has 3 aromatic carbocycles. The Bertz CT molecular complexity index is 1370. The Hall–Kier alpha value is -3.86. The lowest BCUT2D eigenvalue weighted by Gasteiger charge is -2.23. The fourth-order valence-corrected chi connectivity index (χ4v) is 4.67. The molecule has 1 aliphatic rings. The van der Waals surface area contributed by atoms with Gasteiger partial charge in [-0.15, -0.1) is 0 Å². The number of hydrogen-bond donors (Lipinski definition) is 1. The van der Waals surface area contributed by atoms with Crippen LogP contribution in [0.3, 0.4) is 0 Å². The number of aryl methyl sites for hydroxylation is 1. The Morgan fingerprint density at radius 1 is 1.06 bits per heavy atom. The van der Waals surface area contributed by atoms with Crippen LogP contribution in [0.25, 0.3) is 22.2 Å². The van der Waals surface area contributed by atoms with E-state index in [0.29, 0.717) is 26.1 Å². The van der Waals surface area contributed by atoms with Gasteiger partial charge in [-0.3, -0.25) is 4.79 Å². The van der Waals surface area contributed by atoms with Gasteiger partial charge in [-0.25, -0.2) is 4.98 Å². The minimum atomic E-state index is 0.167. The molecule has 0 unspecified atom stereocenters. The highest BCUT2D eigenvalue weighted by atomic mass is 16.5. The summed E-state index contributed by atoms with van der Waals surface area (Å²) in [6, 6.07) is 22.9. The second kappa shape index (κ2) is 10.2. The van der Waals surface area contributed by atoms with E-state index in [2.05, 4.69) is 64.6 Å². The summed E-state index contributed by atoms with van der Waals surface area (Å²) in [4.78, 5) is 22.8. The van der Waals surface area contributed by atoms with Crippen LogP contribution in [0.15, 0.2) is 78.4 Å². The summed E-state index contributed by atoms with van der Waals surface area (Å²) in [5.74, 6) is 2.01. The maximum atomic E-state index is 13.1. The molecule has 0 saturated carbocycles. The number of aromatic amines is 1. The zero-order chi connectivity index (χ0) is 24.2. The van der Waals surface area contributed by atoms with Crippen LogP contribution in [0, 0.1) is 6.92 Å². The van der Waals surface area contributed by atoms with Crippen molar-refractivity contribution in [3.05, 3.63) is 95.3 Å². The molecule has 1 N–H and O–H groups in total.